The summed E-state index contributed by atoms with van der Waals surface area (Å²) < 4.78 is 0. The Morgan fingerprint density at radius 2 is 1.54 bits per heavy atom. The van der Waals surface area contributed by atoms with Crippen LogP contribution in [0.3, 0.4) is 0 Å². The maximum absolute atomic E-state index is 13.3. The van der Waals surface area contributed by atoms with Crippen LogP contribution >= 0.6 is 0 Å². The van der Waals surface area contributed by atoms with Crippen molar-refractivity contribution in [2.75, 3.05) is 6.61 Å². The van der Waals surface area contributed by atoms with Gasteiger partial charge in [0.05, 0.1) is 19.1 Å². The second-order valence-corrected chi connectivity index (χ2v) is 8.78. The molecule has 9 N–H and O–H groups in total. The first-order valence-electron chi connectivity index (χ1n) is 11.8. The van der Waals surface area contributed by atoms with Crippen molar-refractivity contribution in [1.29, 1.82) is 0 Å². The number of rotatable bonds is 14. The summed E-state index contributed by atoms with van der Waals surface area (Å²) in [5.74, 6) is -5.75. The molecule has 1 aromatic carbocycles. The maximum atomic E-state index is 13.3. The van der Waals surface area contributed by atoms with Crippen LogP contribution in [0.1, 0.15) is 32.3 Å². The Hall–Kier alpha value is -3.97. The lowest BCUT2D eigenvalue weighted by atomic mass is 9.98. The Bertz CT molecular complexity index is 1130. The number of carboxylic acids is 2. The first-order valence-corrected chi connectivity index (χ1v) is 11.8. The zero-order valence-electron chi connectivity index (χ0n) is 20.6. The van der Waals surface area contributed by atoms with Crippen molar-refractivity contribution in [3.05, 3.63) is 36.0 Å². The summed E-state index contributed by atoms with van der Waals surface area (Å²) in [6.07, 6.45) is 1.41. The summed E-state index contributed by atoms with van der Waals surface area (Å²) in [5, 5.41) is 35.1. The van der Waals surface area contributed by atoms with Crippen molar-refractivity contribution in [3.63, 3.8) is 0 Å². The minimum absolute atomic E-state index is 0.00931. The number of hydrogen-bond acceptors (Lipinski definition) is 7. The minimum Gasteiger partial charge on any atom is -0.481 e. The number of carboxylic acid groups (broad SMARTS) is 2. The molecule has 5 atom stereocenters. The minimum atomic E-state index is -1.70. The number of para-hydroxylation sites is 1. The van der Waals surface area contributed by atoms with E-state index in [0.29, 0.717) is 12.0 Å². The van der Waals surface area contributed by atoms with Crippen LogP contribution in [0.5, 0.6) is 0 Å². The molecule has 0 saturated heterocycles. The third kappa shape index (κ3) is 8.02. The summed E-state index contributed by atoms with van der Waals surface area (Å²) in [6.45, 7) is 2.70. The molecule has 13 heteroatoms. The van der Waals surface area contributed by atoms with Crippen LogP contribution in [0.15, 0.2) is 30.5 Å². The molecule has 0 aliphatic heterocycles. The molecule has 0 bridgehead atoms. The number of H-pyrrole nitrogens is 1. The molecule has 13 nitrogen and oxygen atoms in total. The molecule has 1 heterocycles. The number of aliphatic hydroxyl groups is 1. The van der Waals surface area contributed by atoms with Crippen LogP contribution in [0.4, 0.5) is 0 Å². The normalized spacial score (nSPS) is 15.1. The van der Waals surface area contributed by atoms with Gasteiger partial charge in [0.25, 0.3) is 0 Å². The van der Waals surface area contributed by atoms with E-state index >= 15 is 0 Å². The van der Waals surface area contributed by atoms with Crippen LogP contribution in [0.2, 0.25) is 0 Å². The highest BCUT2D eigenvalue weighted by Gasteiger charge is 2.32. The van der Waals surface area contributed by atoms with Crippen LogP contribution < -0.4 is 21.7 Å². The van der Waals surface area contributed by atoms with Crippen LogP contribution in [-0.2, 0) is 30.4 Å². The van der Waals surface area contributed by atoms with Crippen molar-refractivity contribution in [2.24, 2.45) is 11.7 Å². The molecule has 5 unspecified atom stereocenters. The predicted octanol–water partition coefficient (Wildman–Crippen LogP) is -0.910. The van der Waals surface area contributed by atoms with Crippen molar-refractivity contribution in [2.45, 2.75) is 57.3 Å². The molecule has 0 spiro atoms. The Kier molecular flexibility index (Phi) is 10.6. The lowest BCUT2D eigenvalue weighted by molar-refractivity contribution is -0.144. The monoisotopic (exact) mass is 519 g/mol. The second-order valence-electron chi connectivity index (χ2n) is 8.78. The van der Waals surface area contributed by atoms with Gasteiger partial charge in [0.15, 0.2) is 0 Å². The topological polar surface area (TPSA) is 224 Å². The van der Waals surface area contributed by atoms with Gasteiger partial charge in [-0.15, -0.1) is 0 Å². The number of aliphatic hydroxyl groups excluding tert-OH is 1. The molecule has 0 radical (unpaired) electrons. The van der Waals surface area contributed by atoms with Gasteiger partial charge in [-0.2, -0.15) is 0 Å². The highest BCUT2D eigenvalue weighted by Crippen LogP contribution is 2.19. The number of aromatic amines is 1. The second kappa shape index (κ2) is 13.4. The molecule has 202 valence electrons. The Balaban J connectivity index is 2.32. The van der Waals surface area contributed by atoms with Crippen molar-refractivity contribution in [3.8, 4) is 0 Å². The molecule has 1 aromatic heterocycles. The van der Waals surface area contributed by atoms with E-state index in [2.05, 4.69) is 15.6 Å². The molecule has 0 aliphatic carbocycles. The Labute approximate surface area is 212 Å². The van der Waals surface area contributed by atoms with Gasteiger partial charge in [0, 0.05) is 23.5 Å². The summed E-state index contributed by atoms with van der Waals surface area (Å²) >= 11 is 0. The van der Waals surface area contributed by atoms with E-state index < -0.39 is 66.9 Å². The lowest BCUT2D eigenvalue weighted by Crippen LogP contribution is -2.58. The fourth-order valence-electron chi connectivity index (χ4n) is 3.62. The summed E-state index contributed by atoms with van der Waals surface area (Å²) in [6, 6.07) is 1.76. The van der Waals surface area contributed by atoms with Gasteiger partial charge in [0.1, 0.15) is 18.1 Å². The van der Waals surface area contributed by atoms with Gasteiger partial charge in [-0.3, -0.25) is 19.2 Å². The van der Waals surface area contributed by atoms with Crippen LogP contribution in [-0.4, -0.2) is 80.7 Å². The molecule has 2 aromatic rings. The average Bonchev–Trinajstić information content (AvgIpc) is 3.27. The number of amides is 3. The summed E-state index contributed by atoms with van der Waals surface area (Å²) in [4.78, 5) is 64.2. The highest BCUT2D eigenvalue weighted by atomic mass is 16.4. The smallest absolute Gasteiger partial charge is 0.328 e. The van der Waals surface area contributed by atoms with E-state index in [1.165, 1.54) is 0 Å². The zero-order chi connectivity index (χ0) is 27.7. The number of benzene rings is 1. The van der Waals surface area contributed by atoms with E-state index in [1.54, 1.807) is 19.2 Å². The van der Waals surface area contributed by atoms with Crippen molar-refractivity contribution in [1.82, 2.24) is 20.9 Å². The molecule has 0 saturated carbocycles. The van der Waals surface area contributed by atoms with Crippen molar-refractivity contribution >= 4 is 40.6 Å². The highest BCUT2D eigenvalue weighted by molar-refractivity contribution is 5.96. The average molecular weight is 520 g/mol. The predicted molar refractivity (Wildman–Crippen MR) is 132 cm³/mol. The summed E-state index contributed by atoms with van der Waals surface area (Å²) in [5.41, 5.74) is 7.50. The first kappa shape index (κ1) is 29.3. The van der Waals surface area contributed by atoms with Gasteiger partial charge in [-0.25, -0.2) is 4.79 Å². The maximum Gasteiger partial charge on any atom is 0.328 e. The number of nitrogens with one attached hydrogen (secondary N) is 4. The quantitative estimate of drug-likeness (QED) is 0.154. The summed E-state index contributed by atoms with van der Waals surface area (Å²) in [7, 11) is 0. The van der Waals surface area contributed by atoms with Gasteiger partial charge in [-0.1, -0.05) is 38.5 Å². The molecular weight excluding hydrogens is 486 g/mol. The van der Waals surface area contributed by atoms with E-state index in [4.69, 9.17) is 15.9 Å². The molecule has 3 amide bonds. The van der Waals surface area contributed by atoms with E-state index in [-0.39, 0.29) is 12.3 Å². The lowest BCUT2D eigenvalue weighted by Gasteiger charge is -2.25. The van der Waals surface area contributed by atoms with Crippen LogP contribution in [0, 0.1) is 5.92 Å². The Morgan fingerprint density at radius 3 is 2.14 bits per heavy atom. The molecule has 37 heavy (non-hydrogen) atoms. The molecule has 0 fully saturated rings. The molecular formula is C24H33N5O8. The van der Waals surface area contributed by atoms with Crippen molar-refractivity contribution < 1.29 is 39.3 Å². The van der Waals surface area contributed by atoms with Gasteiger partial charge >= 0.3 is 11.9 Å². The SMILES string of the molecule is CCC(C)C(N)C(=O)NC(Cc1c[nH]c2ccccc12)C(=O)NC(CC(=O)O)C(=O)NC(CO)C(=O)O. The number of aliphatic carboxylic acids is 2. The standard InChI is InChI=1S/C24H33N5O8/c1-3-12(2)20(25)23(35)28-16(8-13-10-26-15-7-5-4-6-14(13)15)21(33)27-17(9-19(31)32)22(34)29-18(11-30)24(36)37/h4-7,10,12,16-18,20,26,30H,3,8-9,11,25H2,1-2H3,(H,27,33)(H,28,35)(H,29,34)(H,31,32)(H,36,37). The number of carbonyl (C=O) groups is 5. The van der Waals surface area contributed by atoms with E-state index in [0.717, 1.165) is 10.9 Å². The Morgan fingerprint density at radius 1 is 0.946 bits per heavy atom. The van der Waals surface area contributed by atoms with E-state index in [1.807, 2.05) is 30.4 Å². The van der Waals surface area contributed by atoms with Gasteiger partial charge < -0.3 is 42.0 Å². The molecule has 0 aliphatic rings. The first-order chi connectivity index (χ1) is 17.5. The van der Waals surface area contributed by atoms with Gasteiger partial charge in [0.2, 0.25) is 17.7 Å². The number of fused-ring (bicyclic) bond motifs is 1. The number of nitrogens with two attached hydrogens (primary N) is 1. The number of carbonyl (C=O) groups excluding carboxylic acids is 3. The fourth-order valence-corrected chi connectivity index (χ4v) is 3.62. The van der Waals surface area contributed by atoms with Gasteiger partial charge in [-0.05, 0) is 17.5 Å². The fraction of sp³-hybridized carbons (Fsp3) is 0.458. The van der Waals surface area contributed by atoms with Crippen LogP contribution in [0.25, 0.3) is 10.9 Å². The number of aromatic nitrogens is 1. The molecule has 2 rings (SSSR count). The third-order valence-corrected chi connectivity index (χ3v) is 6.10. The van der Waals surface area contributed by atoms with E-state index in [9.17, 15) is 29.1 Å². The largest absolute Gasteiger partial charge is 0.481 e. The zero-order valence-corrected chi connectivity index (χ0v) is 20.6. The third-order valence-electron chi connectivity index (χ3n) is 6.10. The number of hydrogen-bond donors (Lipinski definition) is 8.